The minimum absolute atomic E-state index is 0.102. The molecule has 0 heterocycles. The Hall–Kier alpha value is -0.550. The molecular formula is C14H25NO. The number of hydrogen-bond acceptors (Lipinski definition) is 2. The molecule has 1 saturated carbocycles. The van der Waals surface area contributed by atoms with Crippen molar-refractivity contribution >= 4 is 0 Å². The summed E-state index contributed by atoms with van der Waals surface area (Å²) in [5.74, 6) is 0. The third-order valence-electron chi connectivity index (χ3n) is 3.94. The molecule has 2 heteroatoms. The van der Waals surface area contributed by atoms with Crippen LogP contribution in [0.15, 0.2) is 0 Å². The molecule has 0 spiro atoms. The highest BCUT2D eigenvalue weighted by molar-refractivity contribution is 5.12. The Morgan fingerprint density at radius 2 is 1.38 bits per heavy atom. The maximum atomic E-state index is 10.8. The third-order valence-corrected chi connectivity index (χ3v) is 3.94. The van der Waals surface area contributed by atoms with Gasteiger partial charge in [-0.15, -0.1) is 0 Å². The third kappa shape index (κ3) is 2.40. The second kappa shape index (κ2) is 3.47. The average molecular weight is 223 g/mol. The summed E-state index contributed by atoms with van der Waals surface area (Å²) in [5, 5.41) is 20.1. The van der Waals surface area contributed by atoms with Crippen molar-refractivity contribution in [2.24, 2.45) is 16.2 Å². The summed E-state index contributed by atoms with van der Waals surface area (Å²) in [5.41, 5.74) is -1.34. The van der Waals surface area contributed by atoms with Crippen LogP contribution in [-0.4, -0.2) is 10.7 Å². The zero-order valence-corrected chi connectivity index (χ0v) is 11.5. The lowest BCUT2D eigenvalue weighted by atomic mass is 9.54. The molecule has 0 unspecified atom stereocenters. The molecule has 0 bridgehead atoms. The minimum atomic E-state index is -0.868. The quantitative estimate of drug-likeness (QED) is 0.739. The molecule has 92 valence electrons. The van der Waals surface area contributed by atoms with Crippen LogP contribution in [0.25, 0.3) is 0 Å². The van der Waals surface area contributed by atoms with E-state index in [1.165, 1.54) is 0 Å². The van der Waals surface area contributed by atoms with Crippen molar-refractivity contribution in [3.05, 3.63) is 0 Å². The van der Waals surface area contributed by atoms with Gasteiger partial charge in [-0.25, -0.2) is 0 Å². The van der Waals surface area contributed by atoms with E-state index in [0.717, 1.165) is 6.42 Å². The summed E-state index contributed by atoms with van der Waals surface area (Å²) in [7, 11) is 0. The van der Waals surface area contributed by atoms with Crippen molar-refractivity contribution in [2.45, 2.75) is 66.4 Å². The van der Waals surface area contributed by atoms with Crippen molar-refractivity contribution in [3.8, 4) is 6.07 Å². The van der Waals surface area contributed by atoms with E-state index in [4.69, 9.17) is 0 Å². The lowest BCUT2D eigenvalue weighted by molar-refractivity contribution is -0.135. The van der Waals surface area contributed by atoms with Gasteiger partial charge in [0.15, 0.2) is 0 Å². The van der Waals surface area contributed by atoms with Crippen LogP contribution >= 0.6 is 0 Å². The van der Waals surface area contributed by atoms with Crippen LogP contribution in [0.1, 0.15) is 60.8 Å². The summed E-state index contributed by atoms with van der Waals surface area (Å²) >= 11 is 0. The topological polar surface area (TPSA) is 44.0 Å². The minimum Gasteiger partial charge on any atom is -0.388 e. The first kappa shape index (κ1) is 13.5. The molecule has 0 aromatic carbocycles. The maximum absolute atomic E-state index is 10.8. The Balaban J connectivity index is 3.12. The molecule has 0 saturated heterocycles. The van der Waals surface area contributed by atoms with Crippen molar-refractivity contribution in [2.75, 3.05) is 0 Å². The Kier molecular flexibility index (Phi) is 2.93. The fraction of sp³-hybridized carbons (Fsp3) is 0.929. The summed E-state index contributed by atoms with van der Waals surface area (Å²) in [6, 6.07) is 2.28. The second-order valence-electron chi connectivity index (χ2n) is 7.63. The van der Waals surface area contributed by atoms with Gasteiger partial charge in [-0.3, -0.25) is 0 Å². The zero-order valence-electron chi connectivity index (χ0n) is 11.5. The van der Waals surface area contributed by atoms with Crippen LogP contribution in [0.4, 0.5) is 0 Å². The van der Waals surface area contributed by atoms with E-state index in [1.54, 1.807) is 0 Å². The second-order valence-corrected chi connectivity index (χ2v) is 7.63. The van der Waals surface area contributed by atoms with E-state index in [1.807, 2.05) is 13.8 Å². The van der Waals surface area contributed by atoms with E-state index in [0.29, 0.717) is 12.8 Å². The van der Waals surface area contributed by atoms with Crippen LogP contribution in [0.3, 0.4) is 0 Å². The molecule has 1 rings (SSSR count). The van der Waals surface area contributed by atoms with Gasteiger partial charge in [0, 0.05) is 0 Å². The fourth-order valence-electron chi connectivity index (χ4n) is 3.61. The van der Waals surface area contributed by atoms with Crippen LogP contribution in [0.5, 0.6) is 0 Å². The molecule has 16 heavy (non-hydrogen) atoms. The molecule has 0 atom stereocenters. The van der Waals surface area contributed by atoms with Gasteiger partial charge in [0.25, 0.3) is 0 Å². The molecule has 2 nitrogen and oxygen atoms in total. The van der Waals surface area contributed by atoms with Gasteiger partial charge in [0.05, 0.1) is 17.1 Å². The summed E-state index contributed by atoms with van der Waals surface area (Å²) in [6.07, 6.45) is 2.53. The predicted octanol–water partition coefficient (Wildman–Crippen LogP) is 3.50. The Labute approximate surface area is 99.7 Å². The summed E-state index contributed by atoms with van der Waals surface area (Å²) in [4.78, 5) is 0. The largest absolute Gasteiger partial charge is 0.388 e. The Bertz CT molecular complexity index is 304. The highest BCUT2D eigenvalue weighted by Crippen LogP contribution is 2.55. The van der Waals surface area contributed by atoms with Gasteiger partial charge in [0.2, 0.25) is 0 Å². The molecular weight excluding hydrogens is 198 g/mol. The summed E-state index contributed by atoms with van der Waals surface area (Å²) < 4.78 is 0. The molecule has 0 radical (unpaired) electrons. The van der Waals surface area contributed by atoms with Gasteiger partial charge >= 0.3 is 0 Å². The van der Waals surface area contributed by atoms with Gasteiger partial charge in [-0.1, -0.05) is 27.7 Å². The normalized spacial score (nSPS) is 27.1. The molecule has 0 aliphatic heterocycles. The highest BCUT2D eigenvalue weighted by atomic mass is 16.3. The van der Waals surface area contributed by atoms with Crippen molar-refractivity contribution in [1.82, 2.24) is 0 Å². The molecule has 0 aromatic rings. The number of hydrogen-bond donors (Lipinski definition) is 1. The lowest BCUT2D eigenvalue weighted by Gasteiger charge is -2.53. The van der Waals surface area contributed by atoms with E-state index in [2.05, 4.69) is 33.8 Å². The Morgan fingerprint density at radius 1 is 1.00 bits per heavy atom. The number of nitrogens with zero attached hydrogens (tertiary/aromatic N) is 1. The molecule has 0 amide bonds. The maximum Gasteiger partial charge on any atom is 0.0838 e. The van der Waals surface area contributed by atoms with Gasteiger partial charge in [0.1, 0.15) is 0 Å². The van der Waals surface area contributed by atoms with E-state index in [9.17, 15) is 10.4 Å². The SMILES string of the molecule is CC1(C)CC(C)(C)CC(O)(C(C)(C)C#N)C1. The number of aliphatic hydroxyl groups is 1. The molecule has 1 N–H and O–H groups in total. The molecule has 0 aromatic heterocycles. The fourth-order valence-corrected chi connectivity index (χ4v) is 3.61. The van der Waals surface area contributed by atoms with Crippen molar-refractivity contribution in [3.63, 3.8) is 0 Å². The van der Waals surface area contributed by atoms with Crippen LogP contribution in [0, 0.1) is 27.6 Å². The van der Waals surface area contributed by atoms with Crippen LogP contribution in [-0.2, 0) is 0 Å². The summed E-state index contributed by atoms with van der Waals surface area (Å²) in [6.45, 7) is 12.5. The first-order valence-electron chi connectivity index (χ1n) is 6.07. The van der Waals surface area contributed by atoms with Gasteiger partial charge < -0.3 is 5.11 Å². The van der Waals surface area contributed by atoms with E-state index in [-0.39, 0.29) is 10.8 Å². The standard InChI is InChI=1S/C14H25NO/c1-11(2)7-12(3,4)9-14(16,8-11)13(5,6)10-15/h16H,7-9H2,1-6H3. The monoisotopic (exact) mass is 223 g/mol. The highest BCUT2D eigenvalue weighted by Gasteiger charge is 2.53. The van der Waals surface area contributed by atoms with Crippen LogP contribution in [0.2, 0.25) is 0 Å². The predicted molar refractivity (Wildman–Crippen MR) is 65.8 cm³/mol. The molecule has 1 aliphatic rings. The zero-order chi connectivity index (χ0) is 12.8. The molecule has 1 aliphatic carbocycles. The molecule has 1 fully saturated rings. The van der Waals surface area contributed by atoms with Crippen molar-refractivity contribution < 1.29 is 5.11 Å². The lowest BCUT2D eigenvalue weighted by Crippen LogP contribution is -2.54. The smallest absolute Gasteiger partial charge is 0.0838 e. The first-order valence-corrected chi connectivity index (χ1v) is 6.07. The average Bonchev–Trinajstić information content (AvgIpc) is 1.96. The van der Waals surface area contributed by atoms with Gasteiger partial charge in [-0.05, 0) is 43.9 Å². The van der Waals surface area contributed by atoms with Gasteiger partial charge in [-0.2, -0.15) is 5.26 Å². The number of nitriles is 1. The Morgan fingerprint density at radius 3 is 1.69 bits per heavy atom. The van der Waals surface area contributed by atoms with E-state index < -0.39 is 11.0 Å². The van der Waals surface area contributed by atoms with E-state index >= 15 is 0 Å². The number of rotatable bonds is 1. The van der Waals surface area contributed by atoms with Crippen LogP contribution < -0.4 is 0 Å². The van der Waals surface area contributed by atoms with Crippen molar-refractivity contribution in [1.29, 1.82) is 5.26 Å². The first-order chi connectivity index (χ1) is 6.93.